The number of benzene rings is 10. The van der Waals surface area contributed by atoms with Gasteiger partial charge in [0.15, 0.2) is 0 Å². The maximum absolute atomic E-state index is 2.35. The number of hydrogen-bond donors (Lipinski definition) is 0. The molecule has 4 nitrogen and oxygen atoms in total. The van der Waals surface area contributed by atoms with E-state index in [2.05, 4.69) is 301 Å². The van der Waals surface area contributed by atoms with Gasteiger partial charge in [0, 0.05) is 68.2 Å². The second kappa shape index (κ2) is 19.2. The summed E-state index contributed by atoms with van der Waals surface area (Å²) in [6.45, 7) is 6.43. The Kier molecular flexibility index (Phi) is 12.2. The summed E-state index contributed by atoms with van der Waals surface area (Å²) in [5, 5.41) is 0. The maximum atomic E-state index is 2.35. The summed E-state index contributed by atoms with van der Waals surface area (Å²) in [6.07, 6.45) is 0. The van der Waals surface area contributed by atoms with Crippen LogP contribution in [0.25, 0.3) is 11.1 Å². The summed E-state index contributed by atoms with van der Waals surface area (Å²) in [4.78, 5) is 9.30. The van der Waals surface area contributed by atoms with Gasteiger partial charge in [0.1, 0.15) is 0 Å². The standard InChI is InChI=1S/C63H52N4/c1-47-16-13-25-61(44-47)65(52-19-7-4-8-20-52)56-34-30-51(31-35-56)50-28-32-55(33-29-50)64(57-36-40-59(41-37-57)66(53-21-9-5-10-22-53)62-26-14-17-48(2)45-62)58-38-42-60(43-39-58)67(54-23-11-6-12-24-54)63-27-15-18-49(3)46-63/h4-46H,1-3H3. The third kappa shape index (κ3) is 9.33. The molecule has 0 spiro atoms. The Bertz CT molecular complexity index is 3050. The van der Waals surface area contributed by atoms with Crippen molar-refractivity contribution in [2.75, 3.05) is 19.6 Å². The van der Waals surface area contributed by atoms with Crippen molar-refractivity contribution in [3.05, 3.63) is 278 Å². The molecule has 0 aromatic heterocycles. The van der Waals surface area contributed by atoms with Crippen LogP contribution in [0, 0.1) is 20.8 Å². The van der Waals surface area contributed by atoms with Crippen LogP contribution in [0.5, 0.6) is 0 Å². The number of nitrogens with zero attached hydrogens (tertiary/aromatic N) is 4. The van der Waals surface area contributed by atoms with E-state index in [0.29, 0.717) is 0 Å². The van der Waals surface area contributed by atoms with Crippen molar-refractivity contribution >= 4 is 68.2 Å². The average molecular weight is 865 g/mol. The van der Waals surface area contributed by atoms with E-state index in [9.17, 15) is 0 Å². The lowest BCUT2D eigenvalue weighted by Gasteiger charge is -2.29. The van der Waals surface area contributed by atoms with Gasteiger partial charge in [-0.1, -0.05) is 115 Å². The molecule has 0 atom stereocenters. The minimum Gasteiger partial charge on any atom is -0.311 e. The number of rotatable bonds is 13. The minimum absolute atomic E-state index is 1.06. The van der Waals surface area contributed by atoms with Gasteiger partial charge >= 0.3 is 0 Å². The molecule has 0 bridgehead atoms. The third-order valence-electron chi connectivity index (χ3n) is 12.1. The van der Waals surface area contributed by atoms with Crippen molar-refractivity contribution in [3.63, 3.8) is 0 Å². The van der Waals surface area contributed by atoms with E-state index in [1.165, 1.54) is 16.7 Å². The van der Waals surface area contributed by atoms with Gasteiger partial charge in [-0.3, -0.25) is 0 Å². The zero-order chi connectivity index (χ0) is 45.5. The van der Waals surface area contributed by atoms with Crippen molar-refractivity contribution in [2.24, 2.45) is 0 Å². The monoisotopic (exact) mass is 864 g/mol. The molecule has 0 aliphatic heterocycles. The molecule has 0 unspecified atom stereocenters. The lowest BCUT2D eigenvalue weighted by molar-refractivity contribution is 1.24. The highest BCUT2D eigenvalue weighted by Gasteiger charge is 2.19. The lowest BCUT2D eigenvalue weighted by atomic mass is 10.0. The molecule has 67 heavy (non-hydrogen) atoms. The van der Waals surface area contributed by atoms with E-state index in [-0.39, 0.29) is 0 Å². The molecular weight excluding hydrogens is 813 g/mol. The Balaban J connectivity index is 1.02. The molecule has 0 aliphatic rings. The molecule has 324 valence electrons. The van der Waals surface area contributed by atoms with Gasteiger partial charge in [0.25, 0.3) is 0 Å². The predicted octanol–water partition coefficient (Wildman–Crippen LogP) is 18.2. The maximum Gasteiger partial charge on any atom is 0.0464 e. The first-order valence-corrected chi connectivity index (χ1v) is 22.9. The Labute approximate surface area is 395 Å². The molecule has 0 saturated heterocycles. The van der Waals surface area contributed by atoms with Crippen molar-refractivity contribution in [1.82, 2.24) is 0 Å². The summed E-state index contributed by atoms with van der Waals surface area (Å²) >= 11 is 0. The molecular formula is C63H52N4. The number of para-hydroxylation sites is 3. The minimum atomic E-state index is 1.06. The fraction of sp³-hybridized carbons (Fsp3) is 0.0476. The van der Waals surface area contributed by atoms with E-state index in [1.54, 1.807) is 0 Å². The van der Waals surface area contributed by atoms with Crippen LogP contribution >= 0.6 is 0 Å². The molecule has 0 amide bonds. The molecule has 0 aliphatic carbocycles. The van der Waals surface area contributed by atoms with Crippen molar-refractivity contribution in [2.45, 2.75) is 20.8 Å². The van der Waals surface area contributed by atoms with Crippen LogP contribution in [0.2, 0.25) is 0 Å². The topological polar surface area (TPSA) is 13.0 Å². The molecule has 0 N–H and O–H groups in total. The summed E-state index contributed by atoms with van der Waals surface area (Å²) < 4.78 is 0. The SMILES string of the molecule is Cc1cccc(N(c2ccccc2)c2ccc(-c3ccc(N(c4ccc(N(c5ccccc5)c5cccc(C)c5)cc4)c4ccc(N(c5ccccc5)c5cccc(C)c5)cc4)cc3)cc2)c1. The van der Waals surface area contributed by atoms with Crippen LogP contribution in [-0.4, -0.2) is 0 Å². The van der Waals surface area contributed by atoms with E-state index in [4.69, 9.17) is 0 Å². The highest BCUT2D eigenvalue weighted by atomic mass is 15.2. The normalized spacial score (nSPS) is 10.9. The van der Waals surface area contributed by atoms with Crippen LogP contribution < -0.4 is 19.6 Å². The Hall–Kier alpha value is -8.60. The zero-order valence-corrected chi connectivity index (χ0v) is 38.1. The van der Waals surface area contributed by atoms with Crippen molar-refractivity contribution < 1.29 is 0 Å². The van der Waals surface area contributed by atoms with Crippen LogP contribution in [-0.2, 0) is 0 Å². The molecule has 0 radical (unpaired) electrons. The largest absolute Gasteiger partial charge is 0.311 e. The lowest BCUT2D eigenvalue weighted by Crippen LogP contribution is -2.13. The predicted molar refractivity (Wildman–Crippen MR) is 285 cm³/mol. The quantitative estimate of drug-likeness (QED) is 0.114. The molecule has 10 aromatic rings. The highest BCUT2D eigenvalue weighted by Crippen LogP contribution is 2.42. The van der Waals surface area contributed by atoms with Gasteiger partial charge in [0.2, 0.25) is 0 Å². The smallest absolute Gasteiger partial charge is 0.0464 e. The van der Waals surface area contributed by atoms with Gasteiger partial charge in [-0.05, 0) is 194 Å². The van der Waals surface area contributed by atoms with E-state index < -0.39 is 0 Å². The van der Waals surface area contributed by atoms with Crippen LogP contribution in [0.4, 0.5) is 68.2 Å². The number of aryl methyl sites for hydroxylation is 3. The van der Waals surface area contributed by atoms with Gasteiger partial charge in [-0.2, -0.15) is 0 Å². The number of hydrogen-bond acceptors (Lipinski definition) is 4. The fourth-order valence-electron chi connectivity index (χ4n) is 8.93. The van der Waals surface area contributed by atoms with E-state index in [1.807, 2.05) is 0 Å². The first-order chi connectivity index (χ1) is 32.9. The number of anilines is 12. The van der Waals surface area contributed by atoms with Crippen molar-refractivity contribution in [3.8, 4) is 11.1 Å². The first kappa shape index (κ1) is 42.4. The molecule has 0 fully saturated rings. The zero-order valence-electron chi connectivity index (χ0n) is 38.1. The van der Waals surface area contributed by atoms with Gasteiger partial charge in [0.05, 0.1) is 0 Å². The summed E-state index contributed by atoms with van der Waals surface area (Å²) in [5.41, 5.74) is 19.1. The fourth-order valence-corrected chi connectivity index (χ4v) is 8.93. The molecule has 0 heterocycles. The second-order valence-electron chi connectivity index (χ2n) is 17.0. The highest BCUT2D eigenvalue weighted by molar-refractivity contribution is 5.85. The van der Waals surface area contributed by atoms with Gasteiger partial charge in [-0.15, -0.1) is 0 Å². The first-order valence-electron chi connectivity index (χ1n) is 22.9. The van der Waals surface area contributed by atoms with Crippen LogP contribution in [0.1, 0.15) is 16.7 Å². The van der Waals surface area contributed by atoms with Crippen LogP contribution in [0.3, 0.4) is 0 Å². The average Bonchev–Trinajstić information content (AvgIpc) is 3.37. The molecule has 10 aromatic carbocycles. The van der Waals surface area contributed by atoms with Crippen molar-refractivity contribution in [1.29, 1.82) is 0 Å². The van der Waals surface area contributed by atoms with Crippen LogP contribution in [0.15, 0.2) is 261 Å². The Morgan fingerprint density at radius 2 is 0.373 bits per heavy atom. The van der Waals surface area contributed by atoms with E-state index >= 15 is 0 Å². The summed E-state index contributed by atoms with van der Waals surface area (Å²) in [5.74, 6) is 0. The Morgan fingerprint density at radius 1 is 0.179 bits per heavy atom. The second-order valence-corrected chi connectivity index (χ2v) is 17.0. The van der Waals surface area contributed by atoms with E-state index in [0.717, 1.165) is 79.4 Å². The molecule has 10 rings (SSSR count). The summed E-state index contributed by atoms with van der Waals surface area (Å²) in [7, 11) is 0. The molecule has 4 heteroatoms. The summed E-state index contributed by atoms with van der Waals surface area (Å²) in [6, 6.07) is 93.5. The van der Waals surface area contributed by atoms with Gasteiger partial charge < -0.3 is 19.6 Å². The Morgan fingerprint density at radius 3 is 0.612 bits per heavy atom. The third-order valence-corrected chi connectivity index (χ3v) is 12.1. The van der Waals surface area contributed by atoms with Gasteiger partial charge in [-0.25, -0.2) is 0 Å². The molecule has 0 saturated carbocycles.